The molecule has 20 heavy (non-hydrogen) atoms. The minimum Gasteiger partial charge on any atom is -0.497 e. The SMILES string of the molecule is COc1cccc(Cn2c(=O)oc3ccc(F)cc32)c1. The van der Waals surface area contributed by atoms with E-state index in [0.717, 1.165) is 5.56 Å². The third-order valence-electron chi connectivity index (χ3n) is 3.10. The fraction of sp³-hybridized carbons (Fsp3) is 0.133. The van der Waals surface area contributed by atoms with Gasteiger partial charge < -0.3 is 9.15 Å². The van der Waals surface area contributed by atoms with E-state index in [1.54, 1.807) is 7.11 Å². The quantitative estimate of drug-likeness (QED) is 0.737. The summed E-state index contributed by atoms with van der Waals surface area (Å²) in [5.74, 6) is -0.208. The number of halogens is 1. The first-order valence-corrected chi connectivity index (χ1v) is 6.09. The zero-order valence-corrected chi connectivity index (χ0v) is 10.8. The zero-order chi connectivity index (χ0) is 14.1. The molecule has 0 fully saturated rings. The first-order chi connectivity index (χ1) is 9.67. The van der Waals surface area contributed by atoms with Crippen molar-refractivity contribution in [1.29, 1.82) is 0 Å². The van der Waals surface area contributed by atoms with E-state index in [-0.39, 0.29) is 0 Å². The lowest BCUT2D eigenvalue weighted by atomic mass is 10.2. The first-order valence-electron chi connectivity index (χ1n) is 6.09. The molecule has 1 aromatic heterocycles. The highest BCUT2D eigenvalue weighted by atomic mass is 19.1. The minimum atomic E-state index is -0.506. The number of hydrogen-bond acceptors (Lipinski definition) is 3. The van der Waals surface area contributed by atoms with Gasteiger partial charge in [-0.3, -0.25) is 4.57 Å². The van der Waals surface area contributed by atoms with Gasteiger partial charge in [-0.1, -0.05) is 12.1 Å². The Labute approximate surface area is 114 Å². The first kappa shape index (κ1) is 12.5. The van der Waals surface area contributed by atoms with Crippen LogP contribution in [0.25, 0.3) is 11.1 Å². The van der Waals surface area contributed by atoms with Crippen LogP contribution >= 0.6 is 0 Å². The zero-order valence-electron chi connectivity index (χ0n) is 10.8. The molecule has 0 aliphatic heterocycles. The van der Waals surface area contributed by atoms with Gasteiger partial charge >= 0.3 is 5.76 Å². The van der Waals surface area contributed by atoms with Gasteiger partial charge in [0.05, 0.1) is 19.2 Å². The van der Waals surface area contributed by atoms with Crippen LogP contribution in [-0.2, 0) is 6.54 Å². The Morgan fingerprint density at radius 1 is 1.25 bits per heavy atom. The standard InChI is InChI=1S/C15H12FNO3/c1-19-12-4-2-3-10(7-12)9-17-13-8-11(16)5-6-14(13)20-15(17)18/h2-8H,9H2,1H3. The van der Waals surface area contributed by atoms with E-state index in [0.29, 0.717) is 23.4 Å². The van der Waals surface area contributed by atoms with E-state index in [1.165, 1.54) is 22.8 Å². The topological polar surface area (TPSA) is 44.4 Å². The Balaban J connectivity index is 2.07. The molecule has 4 nitrogen and oxygen atoms in total. The molecule has 0 saturated heterocycles. The van der Waals surface area contributed by atoms with Crippen LogP contribution < -0.4 is 10.5 Å². The van der Waals surface area contributed by atoms with Gasteiger partial charge in [0.2, 0.25) is 0 Å². The minimum absolute atomic E-state index is 0.298. The summed E-state index contributed by atoms with van der Waals surface area (Å²) in [7, 11) is 1.58. The largest absolute Gasteiger partial charge is 0.497 e. The van der Waals surface area contributed by atoms with Crippen molar-refractivity contribution in [1.82, 2.24) is 4.57 Å². The Kier molecular flexibility index (Phi) is 3.02. The van der Waals surface area contributed by atoms with Crippen LogP contribution in [0.4, 0.5) is 4.39 Å². The lowest BCUT2D eigenvalue weighted by Crippen LogP contribution is -2.14. The average Bonchev–Trinajstić information content (AvgIpc) is 2.75. The summed E-state index contributed by atoms with van der Waals surface area (Å²) in [6.07, 6.45) is 0. The van der Waals surface area contributed by atoms with Gasteiger partial charge in [-0.2, -0.15) is 0 Å². The second kappa shape index (κ2) is 4.85. The van der Waals surface area contributed by atoms with Gasteiger partial charge in [0.25, 0.3) is 0 Å². The van der Waals surface area contributed by atoms with Crippen LogP contribution in [0, 0.1) is 5.82 Å². The van der Waals surface area contributed by atoms with Crippen molar-refractivity contribution in [3.05, 3.63) is 64.4 Å². The second-order valence-corrected chi connectivity index (χ2v) is 4.42. The molecule has 5 heteroatoms. The smallest absolute Gasteiger partial charge is 0.420 e. The van der Waals surface area contributed by atoms with Crippen LogP contribution in [-0.4, -0.2) is 11.7 Å². The number of fused-ring (bicyclic) bond motifs is 1. The van der Waals surface area contributed by atoms with Crippen molar-refractivity contribution >= 4 is 11.1 Å². The maximum Gasteiger partial charge on any atom is 0.420 e. The molecule has 1 heterocycles. The van der Waals surface area contributed by atoms with E-state index in [9.17, 15) is 9.18 Å². The van der Waals surface area contributed by atoms with Gasteiger partial charge in [0.1, 0.15) is 11.6 Å². The summed E-state index contributed by atoms with van der Waals surface area (Å²) in [4.78, 5) is 11.9. The van der Waals surface area contributed by atoms with E-state index < -0.39 is 11.6 Å². The number of ether oxygens (including phenoxy) is 1. The Morgan fingerprint density at radius 3 is 2.90 bits per heavy atom. The van der Waals surface area contributed by atoms with Gasteiger partial charge in [0, 0.05) is 6.07 Å². The molecule has 102 valence electrons. The lowest BCUT2D eigenvalue weighted by Gasteiger charge is -2.05. The highest BCUT2D eigenvalue weighted by Gasteiger charge is 2.10. The summed E-state index contributed by atoms with van der Waals surface area (Å²) in [6, 6.07) is 11.4. The van der Waals surface area contributed by atoms with Crippen LogP contribution in [0.2, 0.25) is 0 Å². The van der Waals surface area contributed by atoms with E-state index in [1.807, 2.05) is 24.3 Å². The molecule has 0 spiro atoms. The van der Waals surface area contributed by atoms with Crippen molar-refractivity contribution in [2.45, 2.75) is 6.54 Å². The molecule has 2 aromatic carbocycles. The molecule has 0 atom stereocenters. The fourth-order valence-corrected chi connectivity index (χ4v) is 2.14. The number of benzene rings is 2. The number of methoxy groups -OCH3 is 1. The van der Waals surface area contributed by atoms with Crippen molar-refractivity contribution < 1.29 is 13.5 Å². The Bertz CT molecular complexity index is 819. The summed E-state index contributed by atoms with van der Waals surface area (Å²) < 4.78 is 24.9. The maximum absolute atomic E-state index is 13.3. The van der Waals surface area contributed by atoms with Crippen molar-refractivity contribution in [3.8, 4) is 5.75 Å². The number of hydrogen-bond donors (Lipinski definition) is 0. The molecule has 3 aromatic rings. The van der Waals surface area contributed by atoms with Gasteiger partial charge in [-0.05, 0) is 29.8 Å². The predicted molar refractivity (Wildman–Crippen MR) is 72.5 cm³/mol. The second-order valence-electron chi connectivity index (χ2n) is 4.42. The molecule has 0 bridgehead atoms. The molecule has 0 amide bonds. The molecule has 0 unspecified atom stereocenters. The molecule has 0 saturated carbocycles. The summed E-state index contributed by atoms with van der Waals surface area (Å²) in [6.45, 7) is 0.298. The average molecular weight is 273 g/mol. The monoisotopic (exact) mass is 273 g/mol. The van der Waals surface area contributed by atoms with E-state index in [2.05, 4.69) is 0 Å². The van der Waals surface area contributed by atoms with Gasteiger partial charge in [0.15, 0.2) is 5.58 Å². The fourth-order valence-electron chi connectivity index (χ4n) is 2.14. The number of nitrogens with zero attached hydrogens (tertiary/aromatic N) is 1. The summed E-state index contributed by atoms with van der Waals surface area (Å²) in [5, 5.41) is 0. The van der Waals surface area contributed by atoms with E-state index in [4.69, 9.17) is 9.15 Å². The highest BCUT2D eigenvalue weighted by Crippen LogP contribution is 2.18. The normalized spacial score (nSPS) is 10.9. The van der Waals surface area contributed by atoms with Crippen LogP contribution in [0.15, 0.2) is 51.7 Å². The Hall–Kier alpha value is -2.56. The molecule has 0 aliphatic rings. The number of rotatable bonds is 3. The molecular weight excluding hydrogens is 261 g/mol. The summed E-state index contributed by atoms with van der Waals surface area (Å²) >= 11 is 0. The van der Waals surface area contributed by atoms with Gasteiger partial charge in [-0.25, -0.2) is 9.18 Å². The summed E-state index contributed by atoms with van der Waals surface area (Å²) in [5.41, 5.74) is 1.69. The predicted octanol–water partition coefficient (Wildman–Crippen LogP) is 2.79. The van der Waals surface area contributed by atoms with Crippen LogP contribution in [0.5, 0.6) is 5.75 Å². The van der Waals surface area contributed by atoms with Crippen LogP contribution in [0.3, 0.4) is 0 Å². The lowest BCUT2D eigenvalue weighted by molar-refractivity contribution is 0.414. The molecule has 0 N–H and O–H groups in total. The molecule has 0 aliphatic carbocycles. The molecular formula is C15H12FNO3. The Morgan fingerprint density at radius 2 is 2.10 bits per heavy atom. The van der Waals surface area contributed by atoms with Crippen molar-refractivity contribution in [3.63, 3.8) is 0 Å². The van der Waals surface area contributed by atoms with Crippen molar-refractivity contribution in [2.24, 2.45) is 0 Å². The third-order valence-corrected chi connectivity index (χ3v) is 3.10. The van der Waals surface area contributed by atoms with E-state index >= 15 is 0 Å². The number of aromatic nitrogens is 1. The number of oxazole rings is 1. The molecule has 3 rings (SSSR count). The van der Waals surface area contributed by atoms with Crippen molar-refractivity contribution in [2.75, 3.05) is 7.11 Å². The third kappa shape index (κ3) is 2.18. The maximum atomic E-state index is 13.3. The van der Waals surface area contributed by atoms with Gasteiger partial charge in [-0.15, -0.1) is 0 Å². The molecule has 0 radical (unpaired) electrons. The highest BCUT2D eigenvalue weighted by molar-refractivity contribution is 5.72. The van der Waals surface area contributed by atoms with Crippen LogP contribution in [0.1, 0.15) is 5.56 Å².